The highest BCUT2D eigenvalue weighted by Crippen LogP contribution is 2.24. The highest BCUT2D eigenvalue weighted by Gasteiger charge is 2.17. The van der Waals surface area contributed by atoms with Crippen LogP contribution in [0.3, 0.4) is 0 Å². The number of aromatic nitrogens is 3. The lowest BCUT2D eigenvalue weighted by atomic mass is 10.2. The third kappa shape index (κ3) is 2.00. The predicted octanol–water partition coefficient (Wildman–Crippen LogP) is 2.86. The second-order valence-electron chi connectivity index (χ2n) is 3.93. The van der Waals surface area contributed by atoms with Gasteiger partial charge in [-0.2, -0.15) is 0 Å². The van der Waals surface area contributed by atoms with E-state index < -0.39 is 5.97 Å². The number of carboxylic acids is 1. The van der Waals surface area contributed by atoms with Gasteiger partial charge in [-0.1, -0.05) is 15.9 Å². The molecule has 0 bridgehead atoms. The van der Waals surface area contributed by atoms with E-state index >= 15 is 0 Å². The maximum atomic E-state index is 11.3. The Morgan fingerprint density at radius 2 is 2.00 bits per heavy atom. The van der Waals surface area contributed by atoms with Gasteiger partial charge in [0.25, 0.3) is 0 Å². The van der Waals surface area contributed by atoms with E-state index in [1.54, 1.807) is 41.2 Å². The van der Waals surface area contributed by atoms with Gasteiger partial charge in [0.1, 0.15) is 5.82 Å². The first-order valence-corrected chi connectivity index (χ1v) is 6.27. The van der Waals surface area contributed by atoms with Crippen molar-refractivity contribution in [3.05, 3.63) is 53.0 Å². The van der Waals surface area contributed by atoms with Gasteiger partial charge in [-0.3, -0.25) is 9.38 Å². The Balaban J connectivity index is 2.35. The van der Waals surface area contributed by atoms with Crippen LogP contribution < -0.4 is 0 Å². The molecule has 0 aliphatic carbocycles. The standard InChI is InChI=1S/C13H8BrN3O2/c14-9-3-6-17-10(7-9)11(13(18)19)16-12(17)8-1-4-15-5-2-8/h1-7H,(H,18,19). The molecule has 6 heteroatoms. The topological polar surface area (TPSA) is 67.5 Å². The molecule has 3 heterocycles. The number of hydrogen-bond acceptors (Lipinski definition) is 3. The Kier molecular flexibility index (Phi) is 2.79. The number of aromatic carboxylic acids is 1. The summed E-state index contributed by atoms with van der Waals surface area (Å²) in [5.41, 5.74) is 1.40. The Bertz CT molecular complexity index is 768. The Morgan fingerprint density at radius 3 is 2.68 bits per heavy atom. The highest BCUT2D eigenvalue weighted by atomic mass is 79.9. The summed E-state index contributed by atoms with van der Waals surface area (Å²) in [6, 6.07) is 7.16. The van der Waals surface area contributed by atoms with Crippen LogP contribution in [0, 0.1) is 0 Å². The van der Waals surface area contributed by atoms with Gasteiger partial charge < -0.3 is 5.11 Å². The van der Waals surface area contributed by atoms with E-state index in [0.29, 0.717) is 11.3 Å². The number of nitrogens with zero attached hydrogens (tertiary/aromatic N) is 3. The van der Waals surface area contributed by atoms with Crippen LogP contribution in [-0.4, -0.2) is 25.4 Å². The molecule has 0 amide bonds. The molecule has 0 atom stereocenters. The smallest absolute Gasteiger partial charge is 0.356 e. The van der Waals surface area contributed by atoms with E-state index in [9.17, 15) is 9.90 Å². The molecule has 1 N–H and O–H groups in total. The third-order valence-corrected chi connectivity index (χ3v) is 3.24. The van der Waals surface area contributed by atoms with Gasteiger partial charge in [-0.15, -0.1) is 0 Å². The van der Waals surface area contributed by atoms with Gasteiger partial charge in [0, 0.05) is 28.6 Å². The summed E-state index contributed by atoms with van der Waals surface area (Å²) in [7, 11) is 0. The largest absolute Gasteiger partial charge is 0.476 e. The molecule has 0 radical (unpaired) electrons. The second-order valence-corrected chi connectivity index (χ2v) is 4.84. The Hall–Kier alpha value is -2.21. The summed E-state index contributed by atoms with van der Waals surface area (Å²) in [4.78, 5) is 19.4. The van der Waals surface area contributed by atoms with Crippen LogP contribution in [-0.2, 0) is 0 Å². The fourth-order valence-corrected chi connectivity index (χ4v) is 2.26. The summed E-state index contributed by atoms with van der Waals surface area (Å²) in [5, 5.41) is 9.23. The van der Waals surface area contributed by atoms with Crippen molar-refractivity contribution in [1.82, 2.24) is 14.4 Å². The molecule has 5 nitrogen and oxygen atoms in total. The minimum absolute atomic E-state index is 0.0353. The van der Waals surface area contributed by atoms with Gasteiger partial charge in [0.05, 0.1) is 5.52 Å². The normalized spacial score (nSPS) is 10.8. The van der Waals surface area contributed by atoms with Crippen molar-refractivity contribution in [3.8, 4) is 11.4 Å². The molecule has 3 aromatic heterocycles. The van der Waals surface area contributed by atoms with Crippen molar-refractivity contribution in [2.24, 2.45) is 0 Å². The molecule has 0 spiro atoms. The number of carbonyl (C=O) groups is 1. The van der Waals surface area contributed by atoms with Crippen molar-refractivity contribution in [2.45, 2.75) is 0 Å². The molecule has 0 fully saturated rings. The number of halogens is 1. The van der Waals surface area contributed by atoms with E-state index in [4.69, 9.17) is 0 Å². The van der Waals surface area contributed by atoms with Gasteiger partial charge in [-0.05, 0) is 24.3 Å². The van der Waals surface area contributed by atoms with Crippen LogP contribution in [0.4, 0.5) is 0 Å². The van der Waals surface area contributed by atoms with E-state index in [1.165, 1.54) is 0 Å². The molecule has 0 aliphatic rings. The molecule has 0 aliphatic heterocycles. The first-order chi connectivity index (χ1) is 9.16. The molecule has 0 saturated heterocycles. The van der Waals surface area contributed by atoms with Crippen LogP contribution in [0.1, 0.15) is 10.5 Å². The molecule has 0 aromatic carbocycles. The molecule has 3 rings (SSSR count). The average molecular weight is 318 g/mol. The van der Waals surface area contributed by atoms with E-state index in [-0.39, 0.29) is 5.69 Å². The predicted molar refractivity (Wildman–Crippen MR) is 73.1 cm³/mol. The number of hydrogen-bond donors (Lipinski definition) is 1. The first kappa shape index (κ1) is 11.9. The van der Waals surface area contributed by atoms with E-state index in [0.717, 1.165) is 10.0 Å². The van der Waals surface area contributed by atoms with Crippen molar-refractivity contribution >= 4 is 27.4 Å². The highest BCUT2D eigenvalue weighted by molar-refractivity contribution is 9.10. The summed E-state index contributed by atoms with van der Waals surface area (Å²) in [6.07, 6.45) is 5.08. The molecule has 19 heavy (non-hydrogen) atoms. The minimum Gasteiger partial charge on any atom is -0.476 e. The number of imidazole rings is 1. The molecular weight excluding hydrogens is 310 g/mol. The summed E-state index contributed by atoms with van der Waals surface area (Å²) < 4.78 is 2.56. The lowest BCUT2D eigenvalue weighted by molar-refractivity contribution is 0.0693. The molecule has 0 saturated carbocycles. The fraction of sp³-hybridized carbons (Fsp3) is 0. The maximum absolute atomic E-state index is 11.3. The van der Waals surface area contributed by atoms with Gasteiger partial charge in [0.2, 0.25) is 0 Å². The van der Waals surface area contributed by atoms with Crippen molar-refractivity contribution in [2.75, 3.05) is 0 Å². The number of rotatable bonds is 2. The third-order valence-electron chi connectivity index (χ3n) is 2.75. The quantitative estimate of drug-likeness (QED) is 0.789. The Morgan fingerprint density at radius 1 is 1.26 bits per heavy atom. The zero-order valence-corrected chi connectivity index (χ0v) is 11.2. The second kappa shape index (κ2) is 4.47. The minimum atomic E-state index is -1.05. The van der Waals surface area contributed by atoms with E-state index in [2.05, 4.69) is 25.9 Å². The molecular formula is C13H8BrN3O2. The first-order valence-electron chi connectivity index (χ1n) is 5.48. The fourth-order valence-electron chi connectivity index (χ4n) is 1.92. The zero-order chi connectivity index (χ0) is 13.4. The van der Waals surface area contributed by atoms with Crippen molar-refractivity contribution in [1.29, 1.82) is 0 Å². The zero-order valence-electron chi connectivity index (χ0n) is 9.62. The number of carboxylic acid groups (broad SMARTS) is 1. The van der Waals surface area contributed by atoms with Crippen LogP contribution in [0.5, 0.6) is 0 Å². The summed E-state index contributed by atoms with van der Waals surface area (Å²) >= 11 is 3.34. The maximum Gasteiger partial charge on any atom is 0.356 e. The molecule has 0 unspecified atom stereocenters. The molecule has 94 valence electrons. The van der Waals surface area contributed by atoms with Crippen LogP contribution in [0.15, 0.2) is 47.3 Å². The average Bonchev–Trinajstić information content (AvgIpc) is 2.78. The number of pyridine rings is 2. The SMILES string of the molecule is O=C(O)c1nc(-c2ccncc2)n2ccc(Br)cc12. The lowest BCUT2D eigenvalue weighted by Gasteiger charge is -2.00. The summed E-state index contributed by atoms with van der Waals surface area (Å²) in [5.74, 6) is -0.460. The van der Waals surface area contributed by atoms with Crippen molar-refractivity contribution in [3.63, 3.8) is 0 Å². The summed E-state index contributed by atoms with van der Waals surface area (Å²) in [6.45, 7) is 0. The van der Waals surface area contributed by atoms with Crippen molar-refractivity contribution < 1.29 is 9.90 Å². The van der Waals surface area contributed by atoms with Gasteiger partial charge in [-0.25, -0.2) is 9.78 Å². The van der Waals surface area contributed by atoms with Crippen LogP contribution in [0.2, 0.25) is 0 Å². The number of fused-ring (bicyclic) bond motifs is 1. The van der Waals surface area contributed by atoms with E-state index in [1.807, 2.05) is 6.07 Å². The van der Waals surface area contributed by atoms with Gasteiger partial charge >= 0.3 is 5.97 Å². The van der Waals surface area contributed by atoms with Crippen LogP contribution in [0.25, 0.3) is 16.9 Å². The Labute approximate surface area is 116 Å². The van der Waals surface area contributed by atoms with Crippen LogP contribution >= 0.6 is 15.9 Å². The van der Waals surface area contributed by atoms with Gasteiger partial charge in [0.15, 0.2) is 5.69 Å². The lowest BCUT2D eigenvalue weighted by Crippen LogP contribution is -1.97. The monoisotopic (exact) mass is 317 g/mol. The molecule has 3 aromatic rings.